The first-order valence-corrected chi connectivity index (χ1v) is 6.22. The van der Waals surface area contributed by atoms with Crippen molar-refractivity contribution in [3.8, 4) is 11.5 Å². The van der Waals surface area contributed by atoms with Crippen molar-refractivity contribution < 1.29 is 0 Å². The van der Waals surface area contributed by atoms with Gasteiger partial charge in [0.15, 0.2) is 5.82 Å². The zero-order valence-electron chi connectivity index (χ0n) is 8.63. The summed E-state index contributed by atoms with van der Waals surface area (Å²) in [5.74, 6) is 2.04. The Kier molecular flexibility index (Phi) is 3.40. The number of rotatable bonds is 4. The van der Waals surface area contributed by atoms with Crippen molar-refractivity contribution in [3.63, 3.8) is 0 Å². The van der Waals surface area contributed by atoms with Gasteiger partial charge in [-0.3, -0.25) is 4.98 Å². The van der Waals surface area contributed by atoms with Crippen LogP contribution in [-0.2, 0) is 6.54 Å². The van der Waals surface area contributed by atoms with Crippen LogP contribution in [0.5, 0.6) is 0 Å². The van der Waals surface area contributed by atoms with E-state index in [0.717, 1.165) is 23.8 Å². The highest BCUT2D eigenvalue weighted by Crippen LogP contribution is 2.14. The fourth-order valence-electron chi connectivity index (χ4n) is 1.41. The van der Waals surface area contributed by atoms with Crippen LogP contribution in [0.1, 0.15) is 0 Å². The molecule has 0 aliphatic carbocycles. The molecule has 0 unspecified atom stereocenters. The number of aryl methyl sites for hydroxylation is 1. The summed E-state index contributed by atoms with van der Waals surface area (Å²) in [4.78, 5) is 8.63. The van der Waals surface area contributed by atoms with E-state index in [0.29, 0.717) is 0 Å². The maximum atomic E-state index is 4.33. The average Bonchev–Trinajstić information content (AvgIpc) is 2.75. The maximum Gasteiger partial charge on any atom is 0.158 e. The first-order chi connectivity index (χ1) is 7.42. The van der Waals surface area contributed by atoms with Crippen LogP contribution in [0.15, 0.2) is 36.8 Å². The maximum absolute atomic E-state index is 4.33. The lowest BCUT2D eigenvalue weighted by atomic mass is 10.3. The summed E-state index contributed by atoms with van der Waals surface area (Å²) in [6, 6.07) is 5.88. The van der Waals surface area contributed by atoms with Gasteiger partial charge in [-0.05, 0) is 18.4 Å². The minimum Gasteiger partial charge on any atom is -0.329 e. The number of pyridine rings is 1. The molecule has 2 aromatic rings. The van der Waals surface area contributed by atoms with Crippen LogP contribution < -0.4 is 0 Å². The Labute approximate surface area is 93.6 Å². The Morgan fingerprint density at radius 2 is 2.20 bits per heavy atom. The van der Waals surface area contributed by atoms with Crippen molar-refractivity contribution in [2.24, 2.45) is 0 Å². The predicted octanol–water partition coefficient (Wildman–Crippen LogP) is 2.31. The molecule has 0 amide bonds. The summed E-state index contributed by atoms with van der Waals surface area (Å²) >= 11 is 1.83. The van der Waals surface area contributed by atoms with E-state index in [1.54, 1.807) is 6.20 Å². The van der Waals surface area contributed by atoms with Crippen LogP contribution in [0.25, 0.3) is 11.5 Å². The van der Waals surface area contributed by atoms with Gasteiger partial charge in [-0.15, -0.1) is 0 Å². The second-order valence-electron chi connectivity index (χ2n) is 3.15. The highest BCUT2D eigenvalue weighted by molar-refractivity contribution is 7.98. The molecule has 0 saturated heterocycles. The first kappa shape index (κ1) is 10.2. The van der Waals surface area contributed by atoms with Gasteiger partial charge < -0.3 is 4.57 Å². The van der Waals surface area contributed by atoms with Crippen molar-refractivity contribution in [1.82, 2.24) is 14.5 Å². The lowest BCUT2D eigenvalue weighted by Gasteiger charge is -2.05. The predicted molar refractivity (Wildman–Crippen MR) is 63.8 cm³/mol. The van der Waals surface area contributed by atoms with Gasteiger partial charge in [-0.1, -0.05) is 6.07 Å². The summed E-state index contributed by atoms with van der Waals surface area (Å²) in [7, 11) is 0. The first-order valence-electron chi connectivity index (χ1n) is 4.83. The van der Waals surface area contributed by atoms with E-state index in [1.807, 2.05) is 42.4 Å². The van der Waals surface area contributed by atoms with Crippen LogP contribution in [0.2, 0.25) is 0 Å². The second-order valence-corrected chi connectivity index (χ2v) is 4.14. The molecule has 0 bridgehead atoms. The molecule has 3 nitrogen and oxygen atoms in total. The van der Waals surface area contributed by atoms with Gasteiger partial charge in [0, 0.05) is 30.9 Å². The number of aromatic nitrogens is 3. The highest BCUT2D eigenvalue weighted by atomic mass is 32.2. The Hall–Kier alpha value is -1.29. The topological polar surface area (TPSA) is 30.7 Å². The fourth-order valence-corrected chi connectivity index (χ4v) is 1.79. The van der Waals surface area contributed by atoms with Gasteiger partial charge >= 0.3 is 0 Å². The molecule has 2 heterocycles. The van der Waals surface area contributed by atoms with Crippen molar-refractivity contribution >= 4 is 11.8 Å². The van der Waals surface area contributed by atoms with Crippen LogP contribution in [0.3, 0.4) is 0 Å². The highest BCUT2D eigenvalue weighted by Gasteiger charge is 2.05. The zero-order chi connectivity index (χ0) is 10.5. The molecule has 0 radical (unpaired) electrons. The SMILES string of the molecule is CSCCn1ccnc1-c1ccccn1. The molecule has 2 rings (SSSR count). The quantitative estimate of drug-likeness (QED) is 0.790. The molecular weight excluding hydrogens is 206 g/mol. The van der Waals surface area contributed by atoms with Gasteiger partial charge in [0.2, 0.25) is 0 Å². The summed E-state index contributed by atoms with van der Waals surface area (Å²) in [6.45, 7) is 0.979. The molecule has 0 spiro atoms. The summed E-state index contributed by atoms with van der Waals surface area (Å²) in [6.07, 6.45) is 7.73. The zero-order valence-corrected chi connectivity index (χ0v) is 9.44. The molecule has 0 aromatic carbocycles. The second kappa shape index (κ2) is 4.98. The fraction of sp³-hybridized carbons (Fsp3) is 0.273. The standard InChI is InChI=1S/C11H13N3S/c1-15-9-8-14-7-6-13-11(14)10-4-2-3-5-12-10/h2-7H,8-9H2,1H3. The van der Waals surface area contributed by atoms with E-state index >= 15 is 0 Å². The summed E-state index contributed by atoms with van der Waals surface area (Å²) in [5, 5.41) is 0. The van der Waals surface area contributed by atoms with Gasteiger partial charge in [0.1, 0.15) is 5.69 Å². The Balaban J connectivity index is 2.25. The number of hydrogen-bond acceptors (Lipinski definition) is 3. The molecular formula is C11H13N3S. The van der Waals surface area contributed by atoms with E-state index in [-0.39, 0.29) is 0 Å². The minimum atomic E-state index is 0.934. The Morgan fingerprint density at radius 1 is 1.27 bits per heavy atom. The smallest absolute Gasteiger partial charge is 0.158 e. The third-order valence-corrected chi connectivity index (χ3v) is 2.74. The van der Waals surface area contributed by atoms with E-state index in [2.05, 4.69) is 20.8 Å². The van der Waals surface area contributed by atoms with E-state index < -0.39 is 0 Å². The molecule has 0 fully saturated rings. The van der Waals surface area contributed by atoms with Gasteiger partial charge in [0.05, 0.1) is 0 Å². The molecule has 0 N–H and O–H groups in total. The van der Waals surface area contributed by atoms with Crippen LogP contribution in [0.4, 0.5) is 0 Å². The van der Waals surface area contributed by atoms with Gasteiger partial charge in [-0.25, -0.2) is 4.98 Å². The molecule has 4 heteroatoms. The minimum absolute atomic E-state index is 0.934. The third kappa shape index (κ3) is 2.39. The number of imidazole rings is 1. The number of thioether (sulfide) groups is 1. The van der Waals surface area contributed by atoms with Crippen LogP contribution >= 0.6 is 11.8 Å². The van der Waals surface area contributed by atoms with Crippen LogP contribution in [-0.4, -0.2) is 26.5 Å². The molecule has 2 aromatic heterocycles. The van der Waals surface area contributed by atoms with E-state index in [1.165, 1.54) is 0 Å². The normalized spacial score (nSPS) is 10.5. The lowest BCUT2D eigenvalue weighted by molar-refractivity contribution is 0.777. The summed E-state index contributed by atoms with van der Waals surface area (Å²) < 4.78 is 2.14. The molecule has 78 valence electrons. The monoisotopic (exact) mass is 219 g/mol. The number of nitrogens with zero attached hydrogens (tertiary/aromatic N) is 3. The van der Waals surface area contributed by atoms with Crippen molar-refractivity contribution in [1.29, 1.82) is 0 Å². The third-order valence-electron chi connectivity index (χ3n) is 2.15. The van der Waals surface area contributed by atoms with Crippen molar-refractivity contribution in [3.05, 3.63) is 36.8 Å². The number of hydrogen-bond donors (Lipinski definition) is 0. The van der Waals surface area contributed by atoms with Gasteiger partial charge in [-0.2, -0.15) is 11.8 Å². The van der Waals surface area contributed by atoms with Crippen molar-refractivity contribution in [2.75, 3.05) is 12.0 Å². The van der Waals surface area contributed by atoms with E-state index in [4.69, 9.17) is 0 Å². The Morgan fingerprint density at radius 3 is 2.93 bits per heavy atom. The average molecular weight is 219 g/mol. The molecule has 15 heavy (non-hydrogen) atoms. The van der Waals surface area contributed by atoms with Crippen molar-refractivity contribution in [2.45, 2.75) is 6.54 Å². The Bertz CT molecular complexity index is 411. The van der Waals surface area contributed by atoms with E-state index in [9.17, 15) is 0 Å². The lowest BCUT2D eigenvalue weighted by Crippen LogP contribution is -2.02. The largest absolute Gasteiger partial charge is 0.329 e. The van der Waals surface area contributed by atoms with Crippen LogP contribution in [0, 0.1) is 0 Å². The molecule has 0 aliphatic heterocycles. The molecule has 0 atom stereocenters. The molecule has 0 saturated carbocycles. The van der Waals surface area contributed by atoms with Gasteiger partial charge in [0.25, 0.3) is 0 Å². The molecule has 0 aliphatic rings. The summed E-state index contributed by atoms with van der Waals surface area (Å²) in [5.41, 5.74) is 0.934.